The zero-order valence-corrected chi connectivity index (χ0v) is 9.69. The van der Waals surface area contributed by atoms with Gasteiger partial charge in [0.05, 0.1) is 6.04 Å². The van der Waals surface area contributed by atoms with Crippen LogP contribution in [0.2, 0.25) is 0 Å². The van der Waals surface area contributed by atoms with Crippen LogP contribution in [0.4, 0.5) is 0 Å². The van der Waals surface area contributed by atoms with Crippen molar-refractivity contribution < 1.29 is 0 Å². The van der Waals surface area contributed by atoms with E-state index in [1.54, 1.807) is 0 Å². The van der Waals surface area contributed by atoms with Crippen LogP contribution in [0.15, 0.2) is 42.6 Å². The van der Waals surface area contributed by atoms with Gasteiger partial charge in [0, 0.05) is 17.1 Å². The number of hydrogen-bond donors (Lipinski definition) is 0. The van der Waals surface area contributed by atoms with Crippen LogP contribution in [-0.2, 0) is 0 Å². The van der Waals surface area contributed by atoms with Crippen molar-refractivity contribution in [3.8, 4) is 0 Å². The predicted molar refractivity (Wildman–Crippen MR) is 68.7 cm³/mol. The minimum absolute atomic E-state index is 0.562. The molecule has 0 amide bonds. The normalized spacial score (nSPS) is 20.4. The van der Waals surface area contributed by atoms with E-state index in [1.165, 1.54) is 35.7 Å². The Morgan fingerprint density at radius 1 is 1.25 bits per heavy atom. The summed E-state index contributed by atoms with van der Waals surface area (Å²) < 4.78 is 2.43. The van der Waals surface area contributed by atoms with Crippen LogP contribution in [-0.4, -0.2) is 4.57 Å². The van der Waals surface area contributed by atoms with Crippen LogP contribution in [0.5, 0.6) is 0 Å². The van der Waals surface area contributed by atoms with Crippen LogP contribution >= 0.6 is 0 Å². The van der Waals surface area contributed by atoms with Crippen molar-refractivity contribution in [1.82, 2.24) is 4.57 Å². The SMILES string of the molecule is Cc1cn([C@@H]2C=CCCC2)c2ccccc12. The molecular formula is C15H17N. The highest BCUT2D eigenvalue weighted by Crippen LogP contribution is 2.29. The fourth-order valence-electron chi connectivity index (χ4n) is 2.68. The van der Waals surface area contributed by atoms with Crippen molar-refractivity contribution in [2.45, 2.75) is 32.2 Å². The van der Waals surface area contributed by atoms with Crippen LogP contribution < -0.4 is 0 Å². The van der Waals surface area contributed by atoms with Gasteiger partial charge in [-0.05, 0) is 37.8 Å². The molecule has 1 aromatic carbocycles. The summed E-state index contributed by atoms with van der Waals surface area (Å²) in [4.78, 5) is 0. The minimum atomic E-state index is 0.562. The molecule has 0 unspecified atom stereocenters. The summed E-state index contributed by atoms with van der Waals surface area (Å²) in [5.41, 5.74) is 2.76. The lowest BCUT2D eigenvalue weighted by atomic mass is 10.0. The molecule has 1 aliphatic rings. The number of nitrogens with zero attached hydrogens (tertiary/aromatic N) is 1. The molecule has 1 atom stereocenters. The first-order valence-electron chi connectivity index (χ1n) is 6.09. The second-order valence-corrected chi connectivity index (χ2v) is 4.66. The van der Waals surface area contributed by atoms with Crippen LogP contribution in [0, 0.1) is 6.92 Å². The predicted octanol–water partition coefficient (Wildman–Crippen LogP) is 4.23. The van der Waals surface area contributed by atoms with Gasteiger partial charge in [-0.3, -0.25) is 0 Å². The summed E-state index contributed by atoms with van der Waals surface area (Å²) in [6.45, 7) is 2.20. The molecule has 0 bridgehead atoms. The van der Waals surface area contributed by atoms with Crippen molar-refractivity contribution in [2.75, 3.05) is 0 Å². The van der Waals surface area contributed by atoms with Gasteiger partial charge in [0.1, 0.15) is 0 Å². The van der Waals surface area contributed by atoms with Gasteiger partial charge < -0.3 is 4.57 Å². The van der Waals surface area contributed by atoms with Crippen LogP contribution in [0.1, 0.15) is 30.9 Å². The standard InChI is InChI=1S/C15H17N/c1-12-11-16(13-7-3-2-4-8-13)15-10-6-5-9-14(12)15/h3,5-7,9-11,13H,2,4,8H2,1H3/t13-/m1/s1. The van der Waals surface area contributed by atoms with Crippen LogP contribution in [0.3, 0.4) is 0 Å². The monoisotopic (exact) mass is 211 g/mol. The highest BCUT2D eigenvalue weighted by Gasteiger charge is 2.13. The molecule has 0 fully saturated rings. The third kappa shape index (κ3) is 1.47. The molecule has 0 saturated heterocycles. The first kappa shape index (κ1) is 9.71. The smallest absolute Gasteiger partial charge is 0.0516 e. The maximum atomic E-state index is 2.43. The number of hydrogen-bond acceptors (Lipinski definition) is 0. The zero-order valence-electron chi connectivity index (χ0n) is 9.69. The molecule has 1 aromatic heterocycles. The fraction of sp³-hybridized carbons (Fsp3) is 0.333. The molecule has 3 rings (SSSR count). The number of aromatic nitrogens is 1. The van der Waals surface area contributed by atoms with Gasteiger partial charge >= 0.3 is 0 Å². The maximum Gasteiger partial charge on any atom is 0.0516 e. The van der Waals surface area contributed by atoms with Gasteiger partial charge in [-0.1, -0.05) is 30.4 Å². The molecule has 0 spiro atoms. The van der Waals surface area contributed by atoms with Crippen molar-refractivity contribution >= 4 is 10.9 Å². The maximum absolute atomic E-state index is 2.43. The lowest BCUT2D eigenvalue weighted by Gasteiger charge is -2.19. The quantitative estimate of drug-likeness (QED) is 0.622. The number of allylic oxidation sites excluding steroid dienone is 2. The molecule has 1 nitrogen and oxygen atoms in total. The topological polar surface area (TPSA) is 4.93 Å². The Hall–Kier alpha value is -1.50. The van der Waals surface area contributed by atoms with Crippen molar-refractivity contribution in [1.29, 1.82) is 0 Å². The number of benzene rings is 1. The average molecular weight is 211 g/mol. The van der Waals surface area contributed by atoms with Gasteiger partial charge in [0.25, 0.3) is 0 Å². The Labute approximate surface area is 96.4 Å². The Morgan fingerprint density at radius 2 is 2.12 bits per heavy atom. The third-order valence-electron chi connectivity index (χ3n) is 3.53. The van der Waals surface area contributed by atoms with E-state index in [0.717, 1.165) is 0 Å². The Morgan fingerprint density at radius 3 is 2.94 bits per heavy atom. The first-order chi connectivity index (χ1) is 7.86. The molecule has 82 valence electrons. The average Bonchev–Trinajstić information content (AvgIpc) is 2.69. The Kier molecular flexibility index (Phi) is 2.32. The minimum Gasteiger partial charge on any atom is -0.340 e. The van der Waals surface area contributed by atoms with Crippen molar-refractivity contribution in [3.63, 3.8) is 0 Å². The summed E-state index contributed by atoms with van der Waals surface area (Å²) >= 11 is 0. The summed E-state index contributed by atoms with van der Waals surface area (Å²) in [7, 11) is 0. The lowest BCUT2D eigenvalue weighted by Crippen LogP contribution is -2.07. The van der Waals surface area contributed by atoms with Gasteiger partial charge in [0.2, 0.25) is 0 Å². The lowest BCUT2D eigenvalue weighted by molar-refractivity contribution is 0.530. The second kappa shape index (κ2) is 3.82. The summed E-state index contributed by atoms with van der Waals surface area (Å²) in [6.07, 6.45) is 10.8. The Balaban J connectivity index is 2.16. The molecule has 0 saturated carbocycles. The molecular weight excluding hydrogens is 194 g/mol. The second-order valence-electron chi connectivity index (χ2n) is 4.66. The summed E-state index contributed by atoms with van der Waals surface area (Å²) in [6, 6.07) is 9.26. The molecule has 16 heavy (non-hydrogen) atoms. The number of aryl methyl sites for hydroxylation is 1. The number of fused-ring (bicyclic) bond motifs is 1. The molecule has 1 aliphatic carbocycles. The fourth-order valence-corrected chi connectivity index (χ4v) is 2.68. The summed E-state index contributed by atoms with van der Waals surface area (Å²) in [5.74, 6) is 0. The van der Waals surface area contributed by atoms with Gasteiger partial charge in [-0.2, -0.15) is 0 Å². The van der Waals surface area contributed by atoms with E-state index in [9.17, 15) is 0 Å². The molecule has 2 aromatic rings. The Bertz CT molecular complexity index is 533. The third-order valence-corrected chi connectivity index (χ3v) is 3.53. The zero-order chi connectivity index (χ0) is 11.0. The van der Waals surface area contributed by atoms with E-state index in [-0.39, 0.29) is 0 Å². The van der Waals surface area contributed by atoms with E-state index < -0.39 is 0 Å². The van der Waals surface area contributed by atoms with Gasteiger partial charge in [0.15, 0.2) is 0 Å². The highest BCUT2D eigenvalue weighted by atomic mass is 15.0. The molecule has 0 N–H and O–H groups in total. The number of rotatable bonds is 1. The van der Waals surface area contributed by atoms with E-state index in [4.69, 9.17) is 0 Å². The largest absolute Gasteiger partial charge is 0.340 e. The van der Waals surface area contributed by atoms with E-state index >= 15 is 0 Å². The van der Waals surface area contributed by atoms with E-state index in [2.05, 4.69) is 54.1 Å². The van der Waals surface area contributed by atoms with Crippen molar-refractivity contribution in [3.05, 3.63) is 48.2 Å². The molecule has 1 heteroatoms. The number of para-hydroxylation sites is 1. The van der Waals surface area contributed by atoms with Gasteiger partial charge in [-0.25, -0.2) is 0 Å². The van der Waals surface area contributed by atoms with Crippen LogP contribution in [0.25, 0.3) is 10.9 Å². The molecule has 0 radical (unpaired) electrons. The first-order valence-corrected chi connectivity index (χ1v) is 6.09. The van der Waals surface area contributed by atoms with Gasteiger partial charge in [-0.15, -0.1) is 0 Å². The molecule has 0 aliphatic heterocycles. The van der Waals surface area contributed by atoms with Crippen molar-refractivity contribution in [2.24, 2.45) is 0 Å². The van der Waals surface area contributed by atoms with E-state index in [0.29, 0.717) is 6.04 Å². The van der Waals surface area contributed by atoms with E-state index in [1.807, 2.05) is 0 Å². The molecule has 1 heterocycles. The summed E-state index contributed by atoms with van der Waals surface area (Å²) in [5, 5.41) is 1.39. The highest BCUT2D eigenvalue weighted by molar-refractivity contribution is 5.83.